The van der Waals surface area contributed by atoms with Crippen molar-refractivity contribution in [3.05, 3.63) is 39.8 Å². The van der Waals surface area contributed by atoms with E-state index in [0.29, 0.717) is 9.34 Å². The number of benzene rings is 1. The number of thiazole rings is 1. The van der Waals surface area contributed by atoms with Gasteiger partial charge in [-0.2, -0.15) is 13.2 Å². The second-order valence-corrected chi connectivity index (χ2v) is 9.03. The van der Waals surface area contributed by atoms with Crippen LogP contribution in [0.15, 0.2) is 35.4 Å². The minimum absolute atomic E-state index is 0.0271. The maximum atomic E-state index is 12.9. The van der Waals surface area contributed by atoms with Gasteiger partial charge in [0, 0.05) is 16.0 Å². The SMILES string of the molecule is CC1(C)C(=O)N(c2ccc(SC(F)(F)F)cc2)C(=O)N1Cc1cnc(Cl)s1. The molecular weight excluding hydrogens is 423 g/mol. The molecule has 1 aromatic carbocycles. The fourth-order valence-electron chi connectivity index (χ4n) is 2.64. The molecule has 0 radical (unpaired) electrons. The number of imide groups is 1. The smallest absolute Gasteiger partial charge is 0.305 e. The highest BCUT2D eigenvalue weighted by molar-refractivity contribution is 8.00. The largest absolute Gasteiger partial charge is 0.446 e. The van der Waals surface area contributed by atoms with Crippen LogP contribution in [-0.4, -0.2) is 32.9 Å². The van der Waals surface area contributed by atoms with Crippen molar-refractivity contribution in [3.8, 4) is 0 Å². The van der Waals surface area contributed by atoms with Crippen LogP contribution in [0.3, 0.4) is 0 Å². The van der Waals surface area contributed by atoms with E-state index < -0.39 is 23.0 Å². The summed E-state index contributed by atoms with van der Waals surface area (Å²) in [6, 6.07) is 4.56. The van der Waals surface area contributed by atoms with Gasteiger partial charge in [0.05, 0.1) is 12.2 Å². The molecule has 2 heterocycles. The monoisotopic (exact) mass is 435 g/mol. The molecule has 1 aliphatic heterocycles. The fraction of sp³-hybridized carbons (Fsp3) is 0.312. The lowest BCUT2D eigenvalue weighted by Gasteiger charge is -2.26. The van der Waals surface area contributed by atoms with Crippen molar-refractivity contribution in [2.75, 3.05) is 4.90 Å². The summed E-state index contributed by atoms with van der Waals surface area (Å²) in [5, 5.41) is 0. The van der Waals surface area contributed by atoms with Crippen LogP contribution in [0.4, 0.5) is 23.7 Å². The Morgan fingerprint density at radius 1 is 1.22 bits per heavy atom. The van der Waals surface area contributed by atoms with Crippen molar-refractivity contribution in [2.24, 2.45) is 0 Å². The highest BCUT2D eigenvalue weighted by Gasteiger charge is 2.51. The van der Waals surface area contributed by atoms with E-state index in [1.807, 2.05) is 0 Å². The van der Waals surface area contributed by atoms with Crippen molar-refractivity contribution in [1.29, 1.82) is 0 Å². The molecule has 144 valence electrons. The minimum atomic E-state index is -4.41. The van der Waals surface area contributed by atoms with Crippen LogP contribution in [0.2, 0.25) is 4.47 Å². The molecule has 0 spiro atoms. The molecule has 5 nitrogen and oxygen atoms in total. The quantitative estimate of drug-likeness (QED) is 0.492. The number of halogens is 4. The zero-order chi connectivity index (χ0) is 20.0. The minimum Gasteiger partial charge on any atom is -0.305 e. The summed E-state index contributed by atoms with van der Waals surface area (Å²) < 4.78 is 37.7. The molecule has 11 heteroatoms. The lowest BCUT2D eigenvalue weighted by atomic mass is 10.0. The second-order valence-electron chi connectivity index (χ2n) is 6.19. The van der Waals surface area contributed by atoms with E-state index in [0.717, 1.165) is 4.90 Å². The molecule has 3 rings (SSSR count). The van der Waals surface area contributed by atoms with E-state index >= 15 is 0 Å². The Hall–Kier alpha value is -1.78. The molecular formula is C16H13ClF3N3O2S2. The number of hydrogen-bond donors (Lipinski definition) is 0. The Morgan fingerprint density at radius 2 is 1.85 bits per heavy atom. The summed E-state index contributed by atoms with van der Waals surface area (Å²) in [5.74, 6) is -0.459. The highest BCUT2D eigenvalue weighted by atomic mass is 35.5. The lowest BCUT2D eigenvalue weighted by molar-refractivity contribution is -0.123. The first kappa shape index (κ1) is 20.0. The van der Waals surface area contributed by atoms with Crippen molar-refractivity contribution in [2.45, 2.75) is 36.3 Å². The van der Waals surface area contributed by atoms with Gasteiger partial charge in [-0.05, 0) is 49.9 Å². The number of thioether (sulfide) groups is 1. The molecule has 0 saturated carbocycles. The highest BCUT2D eigenvalue weighted by Crippen LogP contribution is 2.39. The summed E-state index contributed by atoms with van der Waals surface area (Å²) in [6.45, 7) is 3.38. The van der Waals surface area contributed by atoms with Gasteiger partial charge in [-0.15, -0.1) is 11.3 Å². The molecule has 3 amide bonds. The number of amides is 3. The van der Waals surface area contributed by atoms with Gasteiger partial charge in [-0.1, -0.05) is 11.6 Å². The van der Waals surface area contributed by atoms with Gasteiger partial charge in [0.1, 0.15) is 5.54 Å². The van der Waals surface area contributed by atoms with Crippen LogP contribution in [0.25, 0.3) is 0 Å². The molecule has 1 aromatic heterocycles. The second kappa shape index (κ2) is 6.99. The maximum absolute atomic E-state index is 12.9. The zero-order valence-electron chi connectivity index (χ0n) is 14.1. The lowest BCUT2D eigenvalue weighted by Crippen LogP contribution is -2.43. The average molecular weight is 436 g/mol. The summed E-state index contributed by atoms with van der Waals surface area (Å²) in [6.07, 6.45) is 1.53. The molecule has 0 atom stereocenters. The van der Waals surface area contributed by atoms with Crippen LogP contribution in [-0.2, 0) is 11.3 Å². The number of alkyl halides is 3. The molecule has 1 fully saturated rings. The van der Waals surface area contributed by atoms with Crippen molar-refractivity contribution < 1.29 is 22.8 Å². The van der Waals surface area contributed by atoms with Crippen molar-refractivity contribution in [1.82, 2.24) is 9.88 Å². The van der Waals surface area contributed by atoms with Gasteiger partial charge in [0.2, 0.25) is 0 Å². The first-order valence-corrected chi connectivity index (χ1v) is 9.62. The number of rotatable bonds is 4. The number of anilines is 1. The summed E-state index contributed by atoms with van der Waals surface area (Å²) in [5.41, 5.74) is -5.31. The van der Waals surface area contributed by atoms with Crippen LogP contribution in [0.1, 0.15) is 18.7 Å². The summed E-state index contributed by atoms with van der Waals surface area (Å²) in [4.78, 5) is 32.6. The van der Waals surface area contributed by atoms with Crippen molar-refractivity contribution in [3.63, 3.8) is 0 Å². The predicted molar refractivity (Wildman–Crippen MR) is 98.0 cm³/mol. The van der Waals surface area contributed by atoms with Crippen LogP contribution in [0, 0.1) is 0 Å². The van der Waals surface area contributed by atoms with Gasteiger partial charge in [-0.25, -0.2) is 14.7 Å². The number of carbonyl (C=O) groups is 2. The van der Waals surface area contributed by atoms with E-state index in [1.54, 1.807) is 13.8 Å². The third-order valence-electron chi connectivity index (χ3n) is 3.99. The maximum Gasteiger partial charge on any atom is 0.446 e. The molecule has 0 bridgehead atoms. The molecule has 0 N–H and O–H groups in total. The van der Waals surface area contributed by atoms with Crippen molar-refractivity contribution >= 4 is 52.3 Å². The van der Waals surface area contributed by atoms with E-state index in [2.05, 4.69) is 4.98 Å². The van der Waals surface area contributed by atoms with Gasteiger partial charge in [0.25, 0.3) is 5.91 Å². The third kappa shape index (κ3) is 4.07. The molecule has 0 aliphatic carbocycles. The summed E-state index contributed by atoms with van der Waals surface area (Å²) in [7, 11) is 0. The normalized spacial score (nSPS) is 17.1. The predicted octanol–water partition coefficient (Wildman–Crippen LogP) is 5.16. The number of hydrogen-bond acceptors (Lipinski definition) is 5. The zero-order valence-corrected chi connectivity index (χ0v) is 16.5. The number of urea groups is 1. The third-order valence-corrected chi connectivity index (χ3v) is 5.83. The van der Waals surface area contributed by atoms with E-state index in [-0.39, 0.29) is 28.9 Å². The molecule has 27 heavy (non-hydrogen) atoms. The van der Waals surface area contributed by atoms with E-state index in [1.165, 1.54) is 46.7 Å². The number of carbonyl (C=O) groups excluding carboxylic acids is 2. The van der Waals surface area contributed by atoms with Crippen LogP contribution in [0.5, 0.6) is 0 Å². The Balaban J connectivity index is 1.85. The van der Waals surface area contributed by atoms with Gasteiger partial charge in [-0.3, -0.25) is 4.79 Å². The van der Waals surface area contributed by atoms with Gasteiger partial charge < -0.3 is 4.90 Å². The first-order valence-electron chi connectivity index (χ1n) is 7.61. The number of nitrogens with zero attached hydrogens (tertiary/aromatic N) is 3. The Bertz CT molecular complexity index is 884. The Labute approximate surface area is 166 Å². The number of aromatic nitrogens is 1. The Morgan fingerprint density at radius 3 is 2.37 bits per heavy atom. The van der Waals surface area contributed by atoms with Gasteiger partial charge >= 0.3 is 11.5 Å². The van der Waals surface area contributed by atoms with Gasteiger partial charge in [0.15, 0.2) is 4.47 Å². The topological polar surface area (TPSA) is 53.5 Å². The standard InChI is InChI=1S/C16H13ClF3N3O2S2/c1-15(2)12(24)23(9-3-5-10(6-4-9)27-16(18,19)20)14(25)22(15)8-11-7-21-13(17)26-11/h3-7H,8H2,1-2H3. The molecule has 1 saturated heterocycles. The molecule has 2 aromatic rings. The van der Waals surface area contributed by atoms with Crippen LogP contribution < -0.4 is 4.90 Å². The molecule has 1 aliphatic rings. The fourth-order valence-corrected chi connectivity index (χ4v) is 4.14. The summed E-state index contributed by atoms with van der Waals surface area (Å²) >= 11 is 6.76. The molecule has 0 unspecified atom stereocenters. The van der Waals surface area contributed by atoms with Crippen LogP contribution >= 0.6 is 34.7 Å². The average Bonchev–Trinajstić information content (AvgIpc) is 3.03. The van der Waals surface area contributed by atoms with E-state index in [4.69, 9.17) is 11.6 Å². The first-order chi connectivity index (χ1) is 12.5. The Kier molecular flexibility index (Phi) is 5.17. The van der Waals surface area contributed by atoms with E-state index in [9.17, 15) is 22.8 Å².